The van der Waals surface area contributed by atoms with E-state index < -0.39 is 0 Å². The van der Waals surface area contributed by atoms with Crippen molar-refractivity contribution in [2.75, 3.05) is 23.3 Å². The predicted octanol–water partition coefficient (Wildman–Crippen LogP) is 3.27. The first-order chi connectivity index (χ1) is 10.1. The number of aromatic nitrogens is 2. The molecule has 6 heteroatoms. The Morgan fingerprint density at radius 2 is 2.10 bits per heavy atom. The van der Waals surface area contributed by atoms with Gasteiger partial charge in [0.2, 0.25) is 5.95 Å². The fourth-order valence-corrected chi connectivity index (χ4v) is 2.62. The van der Waals surface area contributed by atoms with Crippen molar-refractivity contribution in [1.29, 1.82) is 0 Å². The van der Waals surface area contributed by atoms with Crippen LogP contribution in [0, 0.1) is 12.7 Å². The van der Waals surface area contributed by atoms with Gasteiger partial charge in [-0.25, -0.2) is 14.4 Å². The van der Waals surface area contributed by atoms with E-state index in [-0.39, 0.29) is 16.9 Å². The highest BCUT2D eigenvalue weighted by Gasteiger charge is 2.23. The molecule has 110 valence electrons. The van der Waals surface area contributed by atoms with Gasteiger partial charge in [-0.1, -0.05) is 11.6 Å². The highest BCUT2D eigenvalue weighted by atomic mass is 35.5. The number of halogens is 2. The van der Waals surface area contributed by atoms with Crippen molar-refractivity contribution in [3.63, 3.8) is 0 Å². The number of anilines is 2. The van der Waals surface area contributed by atoms with Crippen LogP contribution in [0.15, 0.2) is 30.6 Å². The molecule has 1 aromatic heterocycles. The van der Waals surface area contributed by atoms with Crippen molar-refractivity contribution < 1.29 is 4.39 Å². The second-order valence-corrected chi connectivity index (χ2v) is 5.67. The standard InChI is InChI=1S/C15H16ClFN4/c1-10-7-18-15(19-8-10)20-11-4-5-21(9-11)12-2-3-14(17)13(16)6-12/h2-3,6-8,11H,4-5,9H2,1H3,(H,18,19,20). The molecule has 4 nitrogen and oxygen atoms in total. The molecule has 1 fully saturated rings. The third-order valence-corrected chi connectivity index (χ3v) is 3.86. The summed E-state index contributed by atoms with van der Waals surface area (Å²) in [4.78, 5) is 10.7. The number of rotatable bonds is 3. The molecule has 1 unspecified atom stereocenters. The number of benzene rings is 1. The predicted molar refractivity (Wildman–Crippen MR) is 82.4 cm³/mol. The minimum absolute atomic E-state index is 0.158. The Labute approximate surface area is 128 Å². The van der Waals surface area contributed by atoms with Gasteiger partial charge in [-0.05, 0) is 37.1 Å². The van der Waals surface area contributed by atoms with Crippen molar-refractivity contribution >= 4 is 23.2 Å². The number of nitrogens with zero attached hydrogens (tertiary/aromatic N) is 3. The van der Waals surface area contributed by atoms with E-state index in [1.165, 1.54) is 6.07 Å². The Bertz CT molecular complexity index is 632. The summed E-state index contributed by atoms with van der Waals surface area (Å²) < 4.78 is 13.2. The molecule has 21 heavy (non-hydrogen) atoms. The molecule has 2 heterocycles. The lowest BCUT2D eigenvalue weighted by Gasteiger charge is -2.19. The zero-order chi connectivity index (χ0) is 14.8. The summed E-state index contributed by atoms with van der Waals surface area (Å²) in [6.07, 6.45) is 4.57. The fraction of sp³-hybridized carbons (Fsp3) is 0.333. The van der Waals surface area contributed by atoms with E-state index in [1.807, 2.05) is 6.92 Å². The lowest BCUT2D eigenvalue weighted by Crippen LogP contribution is -2.26. The first-order valence-corrected chi connectivity index (χ1v) is 7.25. The van der Waals surface area contributed by atoms with Crippen molar-refractivity contribution in [3.05, 3.63) is 47.0 Å². The summed E-state index contributed by atoms with van der Waals surface area (Å²) in [6, 6.07) is 5.10. The van der Waals surface area contributed by atoms with E-state index in [9.17, 15) is 4.39 Å². The maximum absolute atomic E-state index is 13.2. The summed E-state index contributed by atoms with van der Waals surface area (Å²) in [5.74, 6) is 0.256. The number of hydrogen-bond acceptors (Lipinski definition) is 4. The minimum Gasteiger partial charge on any atom is -0.369 e. The van der Waals surface area contributed by atoms with Crippen molar-refractivity contribution in [3.8, 4) is 0 Å². The molecule has 0 amide bonds. The molecule has 0 bridgehead atoms. The third-order valence-electron chi connectivity index (χ3n) is 3.57. The van der Waals surface area contributed by atoms with Crippen LogP contribution in [0.1, 0.15) is 12.0 Å². The lowest BCUT2D eigenvalue weighted by atomic mass is 10.2. The first-order valence-electron chi connectivity index (χ1n) is 6.87. The Morgan fingerprint density at radius 3 is 2.81 bits per heavy atom. The van der Waals surface area contributed by atoms with Gasteiger partial charge in [0.05, 0.1) is 5.02 Å². The summed E-state index contributed by atoms with van der Waals surface area (Å²) in [7, 11) is 0. The van der Waals surface area contributed by atoms with Crippen LogP contribution < -0.4 is 10.2 Å². The first kappa shape index (κ1) is 14.1. The van der Waals surface area contributed by atoms with Gasteiger partial charge in [0.15, 0.2) is 0 Å². The van der Waals surface area contributed by atoms with Gasteiger partial charge in [-0.15, -0.1) is 0 Å². The van der Waals surface area contributed by atoms with Crippen molar-refractivity contribution in [2.24, 2.45) is 0 Å². The maximum Gasteiger partial charge on any atom is 0.222 e. The van der Waals surface area contributed by atoms with Gasteiger partial charge in [0.25, 0.3) is 0 Å². The quantitative estimate of drug-likeness (QED) is 0.945. The molecule has 3 rings (SSSR count). The minimum atomic E-state index is -0.387. The molecule has 1 aliphatic rings. The van der Waals surface area contributed by atoms with Gasteiger partial charge < -0.3 is 10.2 Å². The van der Waals surface area contributed by atoms with Crippen LogP contribution in [0.2, 0.25) is 5.02 Å². The lowest BCUT2D eigenvalue weighted by molar-refractivity contribution is 0.628. The monoisotopic (exact) mass is 306 g/mol. The molecular formula is C15H16ClFN4. The molecule has 1 aliphatic heterocycles. The topological polar surface area (TPSA) is 41.1 Å². The highest BCUT2D eigenvalue weighted by Crippen LogP contribution is 2.26. The van der Waals surface area contributed by atoms with E-state index in [0.717, 1.165) is 30.8 Å². The van der Waals surface area contributed by atoms with Crippen LogP contribution in [0.25, 0.3) is 0 Å². The van der Waals surface area contributed by atoms with Gasteiger partial charge in [-0.2, -0.15) is 0 Å². The summed E-state index contributed by atoms with van der Waals surface area (Å²) in [5, 5.41) is 3.48. The van der Waals surface area contributed by atoms with Gasteiger partial charge in [-0.3, -0.25) is 0 Å². The van der Waals surface area contributed by atoms with Crippen LogP contribution in [0.3, 0.4) is 0 Å². The molecule has 1 atom stereocenters. The Morgan fingerprint density at radius 1 is 1.33 bits per heavy atom. The Balaban J connectivity index is 1.64. The normalized spacial score (nSPS) is 18.0. The third kappa shape index (κ3) is 3.24. The average Bonchev–Trinajstić information content (AvgIpc) is 2.93. The van der Waals surface area contributed by atoms with E-state index in [4.69, 9.17) is 11.6 Å². The molecule has 0 radical (unpaired) electrons. The molecular weight excluding hydrogens is 291 g/mol. The Hall–Kier alpha value is -1.88. The Kier molecular flexibility index (Phi) is 3.92. The van der Waals surface area contributed by atoms with Crippen LogP contribution in [0.4, 0.5) is 16.0 Å². The van der Waals surface area contributed by atoms with Crippen LogP contribution in [0.5, 0.6) is 0 Å². The van der Waals surface area contributed by atoms with Crippen LogP contribution in [-0.2, 0) is 0 Å². The van der Waals surface area contributed by atoms with Crippen molar-refractivity contribution in [1.82, 2.24) is 9.97 Å². The van der Waals surface area contributed by atoms with E-state index in [2.05, 4.69) is 20.2 Å². The van der Waals surface area contributed by atoms with Crippen LogP contribution in [-0.4, -0.2) is 29.1 Å². The molecule has 0 saturated carbocycles. The zero-order valence-electron chi connectivity index (χ0n) is 11.7. The summed E-state index contributed by atoms with van der Waals surface area (Å²) in [6.45, 7) is 3.67. The maximum atomic E-state index is 13.2. The molecule has 1 aromatic carbocycles. The number of nitrogens with one attached hydrogen (secondary N) is 1. The molecule has 1 saturated heterocycles. The zero-order valence-corrected chi connectivity index (χ0v) is 12.4. The van der Waals surface area contributed by atoms with E-state index >= 15 is 0 Å². The number of aryl methyl sites for hydroxylation is 1. The van der Waals surface area contributed by atoms with E-state index in [1.54, 1.807) is 24.5 Å². The van der Waals surface area contributed by atoms with Gasteiger partial charge in [0, 0.05) is 37.2 Å². The number of hydrogen-bond donors (Lipinski definition) is 1. The SMILES string of the molecule is Cc1cnc(NC2CCN(c3ccc(F)c(Cl)c3)C2)nc1. The largest absolute Gasteiger partial charge is 0.369 e. The van der Waals surface area contributed by atoms with Gasteiger partial charge in [0.1, 0.15) is 5.82 Å². The van der Waals surface area contributed by atoms with E-state index in [0.29, 0.717) is 5.95 Å². The second-order valence-electron chi connectivity index (χ2n) is 5.26. The highest BCUT2D eigenvalue weighted by molar-refractivity contribution is 6.31. The fourth-order valence-electron chi connectivity index (χ4n) is 2.44. The van der Waals surface area contributed by atoms with Crippen molar-refractivity contribution in [2.45, 2.75) is 19.4 Å². The molecule has 2 aromatic rings. The summed E-state index contributed by atoms with van der Waals surface area (Å²) in [5.41, 5.74) is 1.98. The molecule has 1 N–H and O–H groups in total. The smallest absolute Gasteiger partial charge is 0.222 e. The van der Waals surface area contributed by atoms with Crippen LogP contribution >= 0.6 is 11.6 Å². The van der Waals surface area contributed by atoms with Gasteiger partial charge >= 0.3 is 0 Å². The molecule has 0 spiro atoms. The summed E-state index contributed by atoms with van der Waals surface area (Å²) >= 11 is 5.84. The average molecular weight is 307 g/mol. The molecule has 0 aliphatic carbocycles. The second kappa shape index (κ2) is 5.85.